The molecule has 0 saturated carbocycles. The number of ether oxygens (including phenoxy) is 2. The molecule has 1 N–H and O–H groups in total. The van der Waals surface area contributed by atoms with E-state index in [4.69, 9.17) is 42.8 Å². The van der Waals surface area contributed by atoms with Crippen LogP contribution in [0.3, 0.4) is 0 Å². The van der Waals surface area contributed by atoms with E-state index in [0.717, 1.165) is 17.5 Å². The molecule has 1 heterocycles. The van der Waals surface area contributed by atoms with E-state index in [1.165, 1.54) is 36.5 Å². The van der Waals surface area contributed by atoms with E-state index in [0.29, 0.717) is 34.2 Å². The third kappa shape index (κ3) is 7.48. The van der Waals surface area contributed by atoms with Crippen molar-refractivity contribution in [2.24, 2.45) is 5.41 Å². The number of ketones is 1. The summed E-state index contributed by atoms with van der Waals surface area (Å²) in [5.41, 5.74) is 3.11. The molecular weight excluding hydrogens is 557 g/mol. The third-order valence-corrected chi connectivity index (χ3v) is 7.52. The Labute approximate surface area is 243 Å². The molecule has 0 radical (unpaired) electrons. The SMILES string of the molecule is CCCOC(c1cccc(-c2csc(CC(=O)c3cc(Cl)c(/C=C(\C)C(=O)O)c(Cl)c3)n2)c1OC)C(C)(C)C. The normalized spacial score (nSPS) is 12.9. The number of halogens is 2. The van der Waals surface area contributed by atoms with E-state index in [1.807, 2.05) is 23.6 Å². The van der Waals surface area contributed by atoms with Gasteiger partial charge in [-0.2, -0.15) is 0 Å². The number of nitrogens with zero attached hydrogens (tertiary/aromatic N) is 1. The monoisotopic (exact) mass is 589 g/mol. The minimum absolute atomic E-state index is 0.0624. The Morgan fingerprint density at radius 1 is 1.18 bits per heavy atom. The van der Waals surface area contributed by atoms with Gasteiger partial charge in [0.2, 0.25) is 0 Å². The van der Waals surface area contributed by atoms with Crippen LogP contribution in [0.25, 0.3) is 17.3 Å². The van der Waals surface area contributed by atoms with E-state index >= 15 is 0 Å². The van der Waals surface area contributed by atoms with Crippen molar-refractivity contribution >= 4 is 52.4 Å². The second-order valence-electron chi connectivity index (χ2n) is 10.3. The van der Waals surface area contributed by atoms with Crippen LogP contribution in [0.15, 0.2) is 41.3 Å². The first-order chi connectivity index (χ1) is 18.4. The number of thiazole rings is 1. The number of carbonyl (C=O) groups is 2. The Morgan fingerprint density at radius 3 is 2.41 bits per heavy atom. The zero-order valence-corrected chi connectivity index (χ0v) is 25.3. The van der Waals surface area contributed by atoms with Gasteiger partial charge in [0, 0.05) is 39.8 Å². The Bertz CT molecular complexity index is 1370. The van der Waals surface area contributed by atoms with Gasteiger partial charge in [-0.25, -0.2) is 9.78 Å². The molecule has 0 aliphatic heterocycles. The number of hydrogen-bond donors (Lipinski definition) is 1. The number of methoxy groups -OCH3 is 1. The summed E-state index contributed by atoms with van der Waals surface area (Å²) in [4.78, 5) is 29.0. The second kappa shape index (κ2) is 13.1. The Balaban J connectivity index is 1.89. The number of carbonyl (C=O) groups excluding carboxylic acids is 1. The lowest BCUT2D eigenvalue weighted by atomic mass is 9.83. The second-order valence-corrected chi connectivity index (χ2v) is 12.0. The lowest BCUT2D eigenvalue weighted by Crippen LogP contribution is -2.22. The molecule has 208 valence electrons. The first kappa shape index (κ1) is 30.8. The number of carboxylic acids is 1. The van der Waals surface area contributed by atoms with Gasteiger partial charge in [0.05, 0.1) is 35.4 Å². The van der Waals surface area contributed by atoms with Crippen molar-refractivity contribution in [2.75, 3.05) is 13.7 Å². The number of benzene rings is 2. The summed E-state index contributed by atoms with van der Waals surface area (Å²) in [6.45, 7) is 10.6. The average Bonchev–Trinajstić information content (AvgIpc) is 3.33. The van der Waals surface area contributed by atoms with Crippen LogP contribution in [0.5, 0.6) is 5.75 Å². The number of Topliss-reactive ketones (excluding diaryl/α,β-unsaturated/α-hetero) is 1. The molecule has 39 heavy (non-hydrogen) atoms. The molecule has 3 aromatic rings. The minimum Gasteiger partial charge on any atom is -0.496 e. The maximum Gasteiger partial charge on any atom is 0.331 e. The summed E-state index contributed by atoms with van der Waals surface area (Å²) < 4.78 is 12.1. The van der Waals surface area contributed by atoms with Crippen molar-refractivity contribution in [3.63, 3.8) is 0 Å². The van der Waals surface area contributed by atoms with Gasteiger partial charge in [0.15, 0.2) is 5.78 Å². The van der Waals surface area contributed by atoms with Crippen molar-refractivity contribution in [1.82, 2.24) is 4.98 Å². The summed E-state index contributed by atoms with van der Waals surface area (Å²) in [5.74, 6) is -0.575. The smallest absolute Gasteiger partial charge is 0.331 e. The molecular formula is C30H33Cl2NO5S. The van der Waals surface area contributed by atoms with E-state index < -0.39 is 5.97 Å². The predicted molar refractivity (Wildman–Crippen MR) is 158 cm³/mol. The fraction of sp³-hybridized carbons (Fsp3) is 0.367. The van der Waals surface area contributed by atoms with Crippen molar-refractivity contribution < 1.29 is 24.2 Å². The lowest BCUT2D eigenvalue weighted by molar-refractivity contribution is -0.132. The van der Waals surface area contributed by atoms with Crippen molar-refractivity contribution in [2.45, 2.75) is 53.6 Å². The third-order valence-electron chi connectivity index (χ3n) is 6.05. The highest BCUT2D eigenvalue weighted by atomic mass is 35.5. The number of carboxylic acid groups (broad SMARTS) is 1. The summed E-state index contributed by atoms with van der Waals surface area (Å²) in [7, 11) is 1.64. The van der Waals surface area contributed by atoms with Crippen LogP contribution in [0.1, 0.15) is 73.6 Å². The van der Waals surface area contributed by atoms with E-state index in [-0.39, 0.29) is 39.3 Å². The van der Waals surface area contributed by atoms with Gasteiger partial charge in [0.25, 0.3) is 0 Å². The molecule has 9 heteroatoms. The number of rotatable bonds is 11. The van der Waals surface area contributed by atoms with Crippen molar-refractivity contribution in [3.05, 3.63) is 73.0 Å². The number of hydrogen-bond acceptors (Lipinski definition) is 6. The Kier molecular flexibility index (Phi) is 10.4. The fourth-order valence-corrected chi connectivity index (χ4v) is 5.54. The van der Waals surface area contributed by atoms with Gasteiger partial charge in [-0.3, -0.25) is 4.79 Å². The molecule has 2 aromatic carbocycles. The van der Waals surface area contributed by atoms with Gasteiger partial charge in [-0.15, -0.1) is 11.3 Å². The number of aliphatic carboxylic acids is 1. The van der Waals surface area contributed by atoms with E-state index in [9.17, 15) is 9.59 Å². The van der Waals surface area contributed by atoms with Crippen LogP contribution in [0.4, 0.5) is 0 Å². The van der Waals surface area contributed by atoms with Gasteiger partial charge in [0.1, 0.15) is 10.8 Å². The molecule has 0 fully saturated rings. The molecule has 0 spiro atoms. The van der Waals surface area contributed by atoms with Crippen LogP contribution in [-0.4, -0.2) is 35.6 Å². The van der Waals surface area contributed by atoms with Crippen LogP contribution < -0.4 is 4.74 Å². The molecule has 1 aromatic heterocycles. The molecule has 0 aliphatic carbocycles. The number of para-hydroxylation sites is 1. The van der Waals surface area contributed by atoms with E-state index in [1.54, 1.807) is 7.11 Å². The predicted octanol–water partition coefficient (Wildman–Crippen LogP) is 8.55. The highest BCUT2D eigenvalue weighted by Crippen LogP contribution is 2.44. The molecule has 3 rings (SSSR count). The minimum atomic E-state index is -1.08. The lowest BCUT2D eigenvalue weighted by Gasteiger charge is -2.32. The molecule has 0 bridgehead atoms. The largest absolute Gasteiger partial charge is 0.496 e. The molecule has 1 atom stereocenters. The molecule has 0 amide bonds. The van der Waals surface area contributed by atoms with Gasteiger partial charge in [-0.05, 0) is 43.0 Å². The molecule has 0 saturated heterocycles. The van der Waals surface area contributed by atoms with Crippen LogP contribution >= 0.6 is 34.5 Å². The first-order valence-corrected chi connectivity index (χ1v) is 14.2. The zero-order valence-electron chi connectivity index (χ0n) is 22.9. The molecule has 6 nitrogen and oxygen atoms in total. The Hall–Kier alpha value is -2.71. The van der Waals surface area contributed by atoms with Crippen LogP contribution in [-0.2, 0) is 16.0 Å². The highest BCUT2D eigenvalue weighted by Gasteiger charge is 2.31. The quantitative estimate of drug-likeness (QED) is 0.178. The van der Waals surface area contributed by atoms with Crippen molar-refractivity contribution in [3.8, 4) is 17.0 Å². The summed E-state index contributed by atoms with van der Waals surface area (Å²) >= 11 is 14.1. The maximum atomic E-state index is 13.1. The summed E-state index contributed by atoms with van der Waals surface area (Å²) in [6, 6.07) is 8.95. The Morgan fingerprint density at radius 2 is 1.85 bits per heavy atom. The highest BCUT2D eigenvalue weighted by molar-refractivity contribution is 7.10. The molecule has 0 aliphatic rings. The molecule has 1 unspecified atom stereocenters. The number of aromatic nitrogens is 1. The van der Waals surface area contributed by atoms with Crippen molar-refractivity contribution in [1.29, 1.82) is 0 Å². The van der Waals surface area contributed by atoms with Crippen LogP contribution in [0.2, 0.25) is 10.0 Å². The standard InChI is InChI=1S/C30H33Cl2NO5S/c1-7-11-38-28(30(3,4)5)20-10-8-9-19(27(20)37-6)24-16-39-26(33-24)15-25(34)18-13-22(31)21(23(32)14-18)12-17(2)29(35)36/h8-10,12-14,16,28H,7,11,15H2,1-6H3,(H,35,36)/b17-12+. The van der Waals surface area contributed by atoms with Gasteiger partial charge in [-0.1, -0.05) is 63.0 Å². The summed E-state index contributed by atoms with van der Waals surface area (Å²) in [6.07, 6.45) is 2.19. The summed E-state index contributed by atoms with van der Waals surface area (Å²) in [5, 5.41) is 12.1. The van der Waals surface area contributed by atoms with E-state index in [2.05, 4.69) is 27.7 Å². The zero-order chi connectivity index (χ0) is 28.9. The van der Waals surface area contributed by atoms with Crippen LogP contribution in [0, 0.1) is 5.41 Å². The van der Waals surface area contributed by atoms with Gasteiger partial charge < -0.3 is 14.6 Å². The fourth-order valence-electron chi connectivity index (χ4n) is 4.15. The van der Waals surface area contributed by atoms with Gasteiger partial charge >= 0.3 is 5.97 Å². The topological polar surface area (TPSA) is 85.7 Å². The first-order valence-electron chi connectivity index (χ1n) is 12.5. The average molecular weight is 591 g/mol. The maximum absolute atomic E-state index is 13.1.